The molecular weight excluding hydrogens is 290 g/mol. The van der Waals surface area contributed by atoms with Crippen LogP contribution in [-0.2, 0) is 0 Å². The monoisotopic (exact) mass is 316 g/mol. The molecule has 2 nitrogen and oxygen atoms in total. The van der Waals surface area contributed by atoms with Crippen molar-refractivity contribution < 1.29 is 8.78 Å². The van der Waals surface area contributed by atoms with Crippen molar-refractivity contribution in [2.75, 3.05) is 32.6 Å². The van der Waals surface area contributed by atoms with E-state index in [1.165, 1.54) is 12.1 Å². The third-order valence-corrected chi connectivity index (χ3v) is 4.54. The third-order valence-electron chi connectivity index (χ3n) is 3.90. The molecule has 0 aliphatic carbocycles. The van der Waals surface area contributed by atoms with Crippen LogP contribution in [0.25, 0.3) is 0 Å². The normalized spacial score (nSPS) is 14.4. The lowest BCUT2D eigenvalue weighted by atomic mass is 10.0. The zero-order chi connectivity index (χ0) is 15.8. The Bertz CT molecular complexity index is 408. The van der Waals surface area contributed by atoms with Crippen LogP contribution >= 0.6 is 11.8 Å². The predicted octanol–water partition coefficient (Wildman–Crippen LogP) is 3.69. The van der Waals surface area contributed by atoms with E-state index in [2.05, 4.69) is 30.4 Å². The first-order valence-electron chi connectivity index (χ1n) is 7.30. The van der Waals surface area contributed by atoms with Gasteiger partial charge in [0.2, 0.25) is 0 Å². The van der Waals surface area contributed by atoms with Crippen LogP contribution in [0.3, 0.4) is 0 Å². The maximum Gasteiger partial charge on any atom is 0.126 e. The minimum Gasteiger partial charge on any atom is -0.313 e. The molecule has 2 atom stereocenters. The van der Waals surface area contributed by atoms with Crippen LogP contribution in [0.4, 0.5) is 8.78 Å². The van der Waals surface area contributed by atoms with E-state index in [1.807, 2.05) is 18.8 Å². The van der Waals surface area contributed by atoms with Crippen molar-refractivity contribution in [3.8, 4) is 0 Å². The molecule has 0 aliphatic rings. The summed E-state index contributed by atoms with van der Waals surface area (Å²) < 4.78 is 26.6. The molecule has 0 aliphatic heterocycles. The topological polar surface area (TPSA) is 15.3 Å². The molecule has 2 unspecified atom stereocenters. The van der Waals surface area contributed by atoms with E-state index in [0.717, 1.165) is 31.2 Å². The van der Waals surface area contributed by atoms with Crippen molar-refractivity contribution in [2.45, 2.75) is 31.8 Å². The molecule has 120 valence electrons. The number of thioether (sulfide) groups is 1. The molecule has 1 rings (SSSR count). The Balaban J connectivity index is 2.58. The lowest BCUT2D eigenvalue weighted by Crippen LogP contribution is -2.32. The van der Waals surface area contributed by atoms with Crippen LogP contribution in [0.1, 0.15) is 31.4 Å². The third kappa shape index (κ3) is 6.32. The fourth-order valence-corrected chi connectivity index (χ4v) is 2.89. The maximum absolute atomic E-state index is 13.3. The summed E-state index contributed by atoms with van der Waals surface area (Å²) in [7, 11) is 3.93. The van der Waals surface area contributed by atoms with Gasteiger partial charge in [-0.25, -0.2) is 8.78 Å². The zero-order valence-electron chi connectivity index (χ0n) is 13.3. The summed E-state index contributed by atoms with van der Waals surface area (Å²) in [6.45, 7) is 3.10. The summed E-state index contributed by atoms with van der Waals surface area (Å²) in [4.78, 5) is 2.30. The second kappa shape index (κ2) is 9.38. The van der Waals surface area contributed by atoms with Gasteiger partial charge in [-0.2, -0.15) is 11.8 Å². The van der Waals surface area contributed by atoms with Gasteiger partial charge < -0.3 is 10.2 Å². The van der Waals surface area contributed by atoms with Gasteiger partial charge >= 0.3 is 0 Å². The number of hydrogen-bond donors (Lipinski definition) is 1. The standard InChI is InChI=1S/C16H26F2N2S/c1-12(6-8-21-4)20(3)7-5-16(19-2)13-9-14(17)11-15(18)10-13/h9-12,16,19H,5-8H2,1-4H3. The lowest BCUT2D eigenvalue weighted by Gasteiger charge is -2.27. The molecule has 0 saturated carbocycles. The average molecular weight is 316 g/mol. The van der Waals surface area contributed by atoms with E-state index < -0.39 is 11.6 Å². The highest BCUT2D eigenvalue weighted by Crippen LogP contribution is 2.20. The zero-order valence-corrected chi connectivity index (χ0v) is 14.1. The Labute approximate surface area is 131 Å². The van der Waals surface area contributed by atoms with Crippen molar-refractivity contribution in [3.63, 3.8) is 0 Å². The summed E-state index contributed by atoms with van der Waals surface area (Å²) in [5.41, 5.74) is 0.667. The van der Waals surface area contributed by atoms with E-state index >= 15 is 0 Å². The van der Waals surface area contributed by atoms with E-state index in [-0.39, 0.29) is 6.04 Å². The Morgan fingerprint density at radius 2 is 1.81 bits per heavy atom. The van der Waals surface area contributed by atoms with Gasteiger partial charge in [0.05, 0.1) is 0 Å². The first-order valence-corrected chi connectivity index (χ1v) is 8.69. The average Bonchev–Trinajstić information content (AvgIpc) is 2.44. The van der Waals surface area contributed by atoms with Gasteiger partial charge in [-0.1, -0.05) is 0 Å². The van der Waals surface area contributed by atoms with Gasteiger partial charge in [-0.15, -0.1) is 0 Å². The SMILES string of the molecule is CNC(CCN(C)C(C)CCSC)c1cc(F)cc(F)c1. The molecule has 0 fully saturated rings. The fraction of sp³-hybridized carbons (Fsp3) is 0.625. The first-order chi connectivity index (χ1) is 9.97. The number of nitrogens with one attached hydrogen (secondary N) is 1. The molecule has 21 heavy (non-hydrogen) atoms. The van der Waals surface area contributed by atoms with E-state index in [9.17, 15) is 8.78 Å². The number of hydrogen-bond acceptors (Lipinski definition) is 3. The highest BCUT2D eigenvalue weighted by molar-refractivity contribution is 7.98. The van der Waals surface area contributed by atoms with Gasteiger partial charge in [-0.05, 0) is 70.1 Å². The number of benzene rings is 1. The van der Waals surface area contributed by atoms with Gasteiger partial charge in [0.25, 0.3) is 0 Å². The summed E-state index contributed by atoms with van der Waals surface area (Å²) >= 11 is 1.85. The second-order valence-electron chi connectivity index (χ2n) is 5.44. The second-order valence-corrected chi connectivity index (χ2v) is 6.43. The van der Waals surface area contributed by atoms with E-state index in [0.29, 0.717) is 11.6 Å². The van der Waals surface area contributed by atoms with Gasteiger partial charge in [-0.3, -0.25) is 0 Å². The van der Waals surface area contributed by atoms with Crippen LogP contribution in [-0.4, -0.2) is 43.6 Å². The maximum atomic E-state index is 13.3. The van der Waals surface area contributed by atoms with Crippen LogP contribution in [0, 0.1) is 11.6 Å². The lowest BCUT2D eigenvalue weighted by molar-refractivity contribution is 0.240. The van der Waals surface area contributed by atoms with Gasteiger partial charge in [0.15, 0.2) is 0 Å². The summed E-state index contributed by atoms with van der Waals surface area (Å²) in [6, 6.07) is 4.19. The highest BCUT2D eigenvalue weighted by atomic mass is 32.2. The molecule has 0 saturated heterocycles. The van der Waals surface area contributed by atoms with E-state index in [4.69, 9.17) is 0 Å². The number of rotatable bonds is 9. The van der Waals surface area contributed by atoms with E-state index in [1.54, 1.807) is 0 Å². The molecule has 1 aromatic rings. The Kier molecular flexibility index (Phi) is 8.22. The minimum absolute atomic E-state index is 0.0367. The molecule has 5 heteroatoms. The Morgan fingerprint density at radius 3 is 2.33 bits per heavy atom. The Morgan fingerprint density at radius 1 is 1.19 bits per heavy atom. The highest BCUT2D eigenvalue weighted by Gasteiger charge is 2.15. The number of halogens is 2. The van der Waals surface area contributed by atoms with Gasteiger partial charge in [0, 0.05) is 18.2 Å². The van der Waals surface area contributed by atoms with Crippen molar-refractivity contribution in [2.24, 2.45) is 0 Å². The van der Waals surface area contributed by atoms with Crippen LogP contribution in [0.2, 0.25) is 0 Å². The molecular formula is C16H26F2N2S. The quantitative estimate of drug-likeness (QED) is 0.748. The van der Waals surface area contributed by atoms with Crippen LogP contribution < -0.4 is 5.32 Å². The summed E-state index contributed by atoms with van der Waals surface area (Å²) in [6.07, 6.45) is 4.08. The molecule has 0 radical (unpaired) electrons. The predicted molar refractivity (Wildman–Crippen MR) is 87.9 cm³/mol. The fourth-order valence-electron chi connectivity index (χ4n) is 2.32. The largest absolute Gasteiger partial charge is 0.313 e. The molecule has 0 spiro atoms. The molecule has 1 aromatic carbocycles. The van der Waals surface area contributed by atoms with Crippen LogP contribution in [0.15, 0.2) is 18.2 Å². The molecule has 0 aromatic heterocycles. The molecule has 0 bridgehead atoms. The van der Waals surface area contributed by atoms with Crippen molar-refractivity contribution >= 4 is 11.8 Å². The minimum atomic E-state index is -0.521. The molecule has 0 heterocycles. The summed E-state index contributed by atoms with van der Waals surface area (Å²) in [5, 5.41) is 3.15. The van der Waals surface area contributed by atoms with Crippen LogP contribution in [0.5, 0.6) is 0 Å². The summed E-state index contributed by atoms with van der Waals surface area (Å²) in [5.74, 6) is 0.106. The number of nitrogens with zero attached hydrogens (tertiary/aromatic N) is 1. The van der Waals surface area contributed by atoms with Crippen molar-refractivity contribution in [1.82, 2.24) is 10.2 Å². The van der Waals surface area contributed by atoms with Crippen molar-refractivity contribution in [1.29, 1.82) is 0 Å². The molecule has 1 N–H and O–H groups in total. The smallest absolute Gasteiger partial charge is 0.126 e. The Hall–Kier alpha value is -0.650. The van der Waals surface area contributed by atoms with Gasteiger partial charge in [0.1, 0.15) is 11.6 Å². The molecule has 0 amide bonds. The van der Waals surface area contributed by atoms with Crippen molar-refractivity contribution in [3.05, 3.63) is 35.4 Å². The first kappa shape index (κ1) is 18.4.